The predicted molar refractivity (Wildman–Crippen MR) is 121 cm³/mol. The summed E-state index contributed by atoms with van der Waals surface area (Å²) >= 11 is 0. The fraction of sp³-hybridized carbons (Fsp3) is 0.880. The zero-order valence-electron chi connectivity index (χ0n) is 20.1. The quantitative estimate of drug-likeness (QED) is 0.347. The Balaban J connectivity index is 1.60. The van der Waals surface area contributed by atoms with Gasteiger partial charge in [-0.05, 0) is 92.8 Å². The highest BCUT2D eigenvalue weighted by molar-refractivity contribution is 6.08. The Bertz CT molecular complexity index is 765. The molecule has 6 nitrogen and oxygen atoms in total. The van der Waals surface area contributed by atoms with Gasteiger partial charge in [-0.25, -0.2) is 0 Å². The first-order valence-electron chi connectivity index (χ1n) is 12.1. The highest BCUT2D eigenvalue weighted by atomic mass is 16.6. The number of hydrogen-bond acceptors (Lipinski definition) is 6. The molecule has 4 fully saturated rings. The molecule has 0 bridgehead atoms. The summed E-state index contributed by atoms with van der Waals surface area (Å²) in [6.07, 6.45) is 9.32. The number of esters is 1. The van der Waals surface area contributed by atoms with E-state index in [2.05, 4.69) is 31.1 Å². The van der Waals surface area contributed by atoms with Crippen LogP contribution in [0, 0.1) is 40.4 Å². The average molecular weight is 433 g/mol. The first kappa shape index (κ1) is 22.6. The van der Waals surface area contributed by atoms with Crippen LogP contribution in [0.4, 0.5) is 0 Å². The Hall–Kier alpha value is -1.59. The molecule has 0 aliphatic heterocycles. The molecule has 4 aliphatic rings. The van der Waals surface area contributed by atoms with Crippen molar-refractivity contribution in [1.29, 1.82) is 0 Å². The summed E-state index contributed by atoms with van der Waals surface area (Å²) in [5.41, 5.74) is 2.67. The van der Waals surface area contributed by atoms with Crippen LogP contribution in [0.25, 0.3) is 0 Å². The number of oxime groups is 2. The highest BCUT2D eigenvalue weighted by Crippen LogP contribution is 2.67. The van der Waals surface area contributed by atoms with Crippen LogP contribution in [0.3, 0.4) is 0 Å². The van der Waals surface area contributed by atoms with E-state index in [-0.39, 0.29) is 23.4 Å². The van der Waals surface area contributed by atoms with Crippen LogP contribution in [-0.2, 0) is 19.2 Å². The standard InChI is InChI=1S/C25H40N2O4/c1-15(26-29-5)23-22(27-30-6)14-21-19-8-7-17-13-18(31-16(2)28)9-11-24(17,3)20(19)10-12-25(21,23)4/h17-21,23H,7-14H2,1-6H3/b26-15+,27-22+. The van der Waals surface area contributed by atoms with E-state index in [4.69, 9.17) is 14.4 Å². The third-order valence-electron chi connectivity index (χ3n) is 9.67. The summed E-state index contributed by atoms with van der Waals surface area (Å²) in [5.74, 6) is 2.79. The Labute approximate surface area is 187 Å². The molecule has 0 saturated heterocycles. The fourth-order valence-corrected chi connectivity index (χ4v) is 8.50. The zero-order chi connectivity index (χ0) is 22.4. The molecule has 0 radical (unpaired) electrons. The summed E-state index contributed by atoms with van der Waals surface area (Å²) in [4.78, 5) is 21.9. The molecule has 0 spiro atoms. The molecule has 8 unspecified atom stereocenters. The van der Waals surface area contributed by atoms with E-state index in [1.54, 1.807) is 14.2 Å². The van der Waals surface area contributed by atoms with Crippen molar-refractivity contribution in [2.45, 2.75) is 85.2 Å². The highest BCUT2D eigenvalue weighted by Gasteiger charge is 2.62. The summed E-state index contributed by atoms with van der Waals surface area (Å²) < 4.78 is 5.62. The first-order chi connectivity index (χ1) is 14.7. The van der Waals surface area contributed by atoms with E-state index < -0.39 is 0 Å². The minimum absolute atomic E-state index is 0.116. The van der Waals surface area contributed by atoms with E-state index in [1.165, 1.54) is 39.0 Å². The summed E-state index contributed by atoms with van der Waals surface area (Å²) in [5, 5.41) is 8.81. The van der Waals surface area contributed by atoms with Crippen LogP contribution in [-0.4, -0.2) is 37.7 Å². The van der Waals surface area contributed by atoms with Gasteiger partial charge in [0.25, 0.3) is 0 Å². The molecule has 174 valence electrons. The van der Waals surface area contributed by atoms with Gasteiger partial charge in [0.05, 0.1) is 11.4 Å². The van der Waals surface area contributed by atoms with Crippen molar-refractivity contribution in [3.8, 4) is 0 Å². The second-order valence-electron chi connectivity index (χ2n) is 11.0. The number of hydrogen-bond donors (Lipinski definition) is 0. The van der Waals surface area contributed by atoms with E-state index in [1.807, 2.05) is 0 Å². The average Bonchev–Trinajstić information content (AvgIpc) is 3.00. The molecule has 0 heterocycles. The number of ether oxygens (including phenoxy) is 1. The molecule has 0 aromatic rings. The van der Waals surface area contributed by atoms with E-state index in [9.17, 15) is 4.79 Å². The topological polar surface area (TPSA) is 69.5 Å². The molecular formula is C25H40N2O4. The molecule has 4 aliphatic carbocycles. The number of nitrogens with zero attached hydrogens (tertiary/aromatic N) is 2. The lowest BCUT2D eigenvalue weighted by atomic mass is 9.44. The smallest absolute Gasteiger partial charge is 0.302 e. The van der Waals surface area contributed by atoms with Crippen molar-refractivity contribution >= 4 is 17.4 Å². The number of carbonyl (C=O) groups excluding carboxylic acids is 1. The summed E-state index contributed by atoms with van der Waals surface area (Å²) in [6, 6.07) is 0. The Kier molecular flexibility index (Phi) is 6.12. The molecule has 31 heavy (non-hydrogen) atoms. The maximum atomic E-state index is 11.5. The number of carbonyl (C=O) groups is 1. The lowest BCUT2D eigenvalue weighted by Crippen LogP contribution is -2.54. The van der Waals surface area contributed by atoms with Gasteiger partial charge in [-0.3, -0.25) is 4.79 Å². The van der Waals surface area contributed by atoms with Gasteiger partial charge in [-0.15, -0.1) is 0 Å². The second-order valence-corrected chi connectivity index (χ2v) is 11.0. The lowest BCUT2D eigenvalue weighted by molar-refractivity contribution is -0.159. The molecule has 0 aromatic heterocycles. The van der Waals surface area contributed by atoms with Gasteiger partial charge in [0.2, 0.25) is 0 Å². The molecule has 0 aromatic carbocycles. The molecular weight excluding hydrogens is 392 g/mol. The van der Waals surface area contributed by atoms with Gasteiger partial charge in [0.15, 0.2) is 0 Å². The third kappa shape index (κ3) is 3.68. The van der Waals surface area contributed by atoms with Gasteiger partial charge >= 0.3 is 5.97 Å². The van der Waals surface area contributed by atoms with Gasteiger partial charge in [0.1, 0.15) is 20.3 Å². The first-order valence-corrected chi connectivity index (χ1v) is 12.1. The summed E-state index contributed by atoms with van der Waals surface area (Å²) in [6.45, 7) is 8.61. The molecule has 4 rings (SSSR count). The molecule has 8 atom stereocenters. The van der Waals surface area contributed by atoms with E-state index in [0.717, 1.165) is 36.6 Å². The Morgan fingerprint density at radius 3 is 2.39 bits per heavy atom. The van der Waals surface area contributed by atoms with Crippen LogP contribution in [0.5, 0.6) is 0 Å². The second kappa shape index (κ2) is 8.40. The number of rotatable bonds is 4. The fourth-order valence-electron chi connectivity index (χ4n) is 8.50. The largest absolute Gasteiger partial charge is 0.463 e. The Morgan fingerprint density at radius 1 is 0.968 bits per heavy atom. The minimum Gasteiger partial charge on any atom is -0.463 e. The van der Waals surface area contributed by atoms with Crippen LogP contribution < -0.4 is 0 Å². The predicted octanol–water partition coefficient (Wildman–Crippen LogP) is 5.21. The van der Waals surface area contributed by atoms with Crippen LogP contribution in [0.15, 0.2) is 10.3 Å². The van der Waals surface area contributed by atoms with Gasteiger partial charge in [-0.2, -0.15) is 0 Å². The molecule has 4 saturated carbocycles. The monoisotopic (exact) mass is 432 g/mol. The van der Waals surface area contributed by atoms with Crippen molar-refractivity contribution in [2.24, 2.45) is 50.7 Å². The van der Waals surface area contributed by atoms with Gasteiger partial charge in [0, 0.05) is 12.8 Å². The van der Waals surface area contributed by atoms with Crippen LogP contribution >= 0.6 is 0 Å². The Morgan fingerprint density at radius 2 is 1.71 bits per heavy atom. The van der Waals surface area contributed by atoms with Crippen molar-refractivity contribution in [2.75, 3.05) is 14.2 Å². The van der Waals surface area contributed by atoms with Crippen molar-refractivity contribution in [3.05, 3.63) is 0 Å². The minimum atomic E-state index is -0.134. The zero-order valence-corrected chi connectivity index (χ0v) is 20.1. The maximum Gasteiger partial charge on any atom is 0.302 e. The normalized spacial score (nSPS) is 46.0. The van der Waals surface area contributed by atoms with E-state index in [0.29, 0.717) is 23.2 Å². The van der Waals surface area contributed by atoms with Gasteiger partial charge < -0.3 is 14.4 Å². The molecule has 0 N–H and O–H groups in total. The van der Waals surface area contributed by atoms with Crippen molar-refractivity contribution in [1.82, 2.24) is 0 Å². The van der Waals surface area contributed by atoms with Crippen LogP contribution in [0.1, 0.15) is 79.1 Å². The van der Waals surface area contributed by atoms with Gasteiger partial charge in [-0.1, -0.05) is 24.2 Å². The maximum absolute atomic E-state index is 11.5. The molecule has 0 amide bonds. The lowest BCUT2D eigenvalue weighted by Gasteiger charge is -2.60. The van der Waals surface area contributed by atoms with Crippen LogP contribution in [0.2, 0.25) is 0 Å². The molecule has 6 heteroatoms. The SMILES string of the molecule is CO/N=C(\C)C1/C(=N/OC)CC2C3CCC4CC(OC(C)=O)CCC4(C)C3CCC12C. The van der Waals surface area contributed by atoms with Crippen molar-refractivity contribution < 1.29 is 19.2 Å². The third-order valence-corrected chi connectivity index (χ3v) is 9.67. The van der Waals surface area contributed by atoms with Crippen molar-refractivity contribution in [3.63, 3.8) is 0 Å². The number of fused-ring (bicyclic) bond motifs is 5. The van der Waals surface area contributed by atoms with E-state index >= 15 is 0 Å². The summed E-state index contributed by atoms with van der Waals surface area (Å²) in [7, 11) is 3.27.